The number of nitrogens with zero attached hydrogens (tertiary/aromatic N) is 3. The van der Waals surface area contributed by atoms with E-state index in [1.165, 1.54) is 0 Å². The molecule has 0 atom stereocenters. The predicted molar refractivity (Wildman–Crippen MR) is 60.6 cm³/mol. The molecule has 0 radical (unpaired) electrons. The van der Waals surface area contributed by atoms with Crippen LogP contribution in [0, 0.1) is 0 Å². The highest BCUT2D eigenvalue weighted by Gasteiger charge is 2.15. The molecule has 0 saturated carbocycles. The fourth-order valence-electron chi connectivity index (χ4n) is 1.65. The molecule has 74 valence electrons. The van der Waals surface area contributed by atoms with Gasteiger partial charge in [0.2, 0.25) is 0 Å². The molecular weight excluding hydrogens is 210 g/mol. The molecule has 1 aliphatic heterocycles. The van der Waals surface area contributed by atoms with E-state index in [0.29, 0.717) is 11.7 Å². The van der Waals surface area contributed by atoms with Gasteiger partial charge in [0.25, 0.3) is 0 Å². The molecular formula is C11H8ClN3. The van der Waals surface area contributed by atoms with Crippen molar-refractivity contribution in [3.05, 3.63) is 36.4 Å². The fourth-order valence-corrected chi connectivity index (χ4v) is 1.85. The Bertz CT molecular complexity index is 528. The molecule has 0 N–H and O–H groups in total. The third kappa shape index (κ3) is 1.45. The van der Waals surface area contributed by atoms with Gasteiger partial charge in [-0.3, -0.25) is 0 Å². The highest BCUT2D eigenvalue weighted by atomic mass is 35.5. The van der Waals surface area contributed by atoms with Crippen molar-refractivity contribution in [1.29, 1.82) is 0 Å². The van der Waals surface area contributed by atoms with E-state index in [-0.39, 0.29) is 0 Å². The lowest BCUT2D eigenvalue weighted by Gasteiger charge is -1.95. The van der Waals surface area contributed by atoms with Crippen LogP contribution >= 0.6 is 11.6 Å². The van der Waals surface area contributed by atoms with Gasteiger partial charge in [0, 0.05) is 11.6 Å². The average Bonchev–Trinajstić information content (AvgIpc) is 2.76. The van der Waals surface area contributed by atoms with Gasteiger partial charge in [-0.15, -0.1) is 0 Å². The summed E-state index contributed by atoms with van der Waals surface area (Å²) in [4.78, 5) is 4.18. The number of benzene rings is 1. The van der Waals surface area contributed by atoms with E-state index in [2.05, 4.69) is 10.1 Å². The summed E-state index contributed by atoms with van der Waals surface area (Å²) in [6.07, 6.45) is 0. The van der Waals surface area contributed by atoms with Crippen LogP contribution in [0.15, 0.2) is 41.4 Å². The summed E-state index contributed by atoms with van der Waals surface area (Å²) in [5.41, 5.74) is 2.05. The second kappa shape index (κ2) is 3.21. The van der Waals surface area contributed by atoms with Crippen LogP contribution in [0.5, 0.6) is 0 Å². The van der Waals surface area contributed by atoms with Gasteiger partial charge in [-0.25, -0.2) is 9.67 Å². The molecule has 0 aliphatic carbocycles. The summed E-state index contributed by atoms with van der Waals surface area (Å²) in [7, 11) is 0. The molecule has 2 aromatic rings. The average molecular weight is 218 g/mol. The SMILES string of the molecule is ClC1=Nc2cc(-c3ccccc3)nn2C1. The first-order chi connectivity index (χ1) is 7.33. The van der Waals surface area contributed by atoms with E-state index < -0.39 is 0 Å². The van der Waals surface area contributed by atoms with Gasteiger partial charge in [-0.1, -0.05) is 41.9 Å². The zero-order valence-corrected chi connectivity index (χ0v) is 8.65. The van der Waals surface area contributed by atoms with Crippen LogP contribution in [0.25, 0.3) is 11.3 Å². The summed E-state index contributed by atoms with van der Waals surface area (Å²) >= 11 is 5.81. The van der Waals surface area contributed by atoms with Gasteiger partial charge >= 0.3 is 0 Å². The van der Waals surface area contributed by atoms with E-state index in [0.717, 1.165) is 17.1 Å². The van der Waals surface area contributed by atoms with E-state index in [1.807, 2.05) is 41.1 Å². The molecule has 3 rings (SSSR count). The first kappa shape index (κ1) is 8.68. The van der Waals surface area contributed by atoms with Crippen LogP contribution in [-0.2, 0) is 6.54 Å². The Morgan fingerprint density at radius 3 is 2.73 bits per heavy atom. The maximum Gasteiger partial charge on any atom is 0.152 e. The minimum atomic E-state index is 0.587. The maximum atomic E-state index is 5.81. The molecule has 0 fully saturated rings. The van der Waals surface area contributed by atoms with Crippen LogP contribution in [0.2, 0.25) is 0 Å². The van der Waals surface area contributed by atoms with Gasteiger partial charge in [-0.2, -0.15) is 5.10 Å². The topological polar surface area (TPSA) is 30.2 Å². The third-order valence-electron chi connectivity index (χ3n) is 2.34. The zero-order valence-electron chi connectivity index (χ0n) is 7.89. The largest absolute Gasteiger partial charge is 0.240 e. The van der Waals surface area contributed by atoms with Gasteiger partial charge in [-0.05, 0) is 0 Å². The van der Waals surface area contributed by atoms with Crippen LogP contribution in [0.4, 0.5) is 5.82 Å². The molecule has 1 aromatic carbocycles. The quantitative estimate of drug-likeness (QED) is 0.723. The van der Waals surface area contributed by atoms with Gasteiger partial charge in [0.1, 0.15) is 5.17 Å². The molecule has 1 aliphatic rings. The van der Waals surface area contributed by atoms with Crippen molar-refractivity contribution in [2.75, 3.05) is 0 Å². The Hall–Kier alpha value is -1.61. The Labute approximate surface area is 92.0 Å². The second-order valence-electron chi connectivity index (χ2n) is 3.40. The van der Waals surface area contributed by atoms with E-state index in [4.69, 9.17) is 11.6 Å². The van der Waals surface area contributed by atoms with Crippen molar-refractivity contribution in [1.82, 2.24) is 9.78 Å². The number of aliphatic imine (C=N–C) groups is 1. The number of rotatable bonds is 1. The summed E-state index contributed by atoms with van der Waals surface area (Å²) < 4.78 is 1.81. The lowest BCUT2D eigenvalue weighted by molar-refractivity contribution is 0.758. The van der Waals surface area contributed by atoms with E-state index >= 15 is 0 Å². The van der Waals surface area contributed by atoms with Crippen LogP contribution in [-0.4, -0.2) is 15.0 Å². The number of aromatic nitrogens is 2. The smallest absolute Gasteiger partial charge is 0.152 e. The van der Waals surface area contributed by atoms with Gasteiger partial charge in [0.05, 0.1) is 12.2 Å². The maximum absolute atomic E-state index is 5.81. The molecule has 0 amide bonds. The molecule has 4 heteroatoms. The summed E-state index contributed by atoms with van der Waals surface area (Å²) in [5, 5.41) is 5.02. The molecule has 1 aromatic heterocycles. The number of halogens is 1. The van der Waals surface area contributed by atoms with Crippen LogP contribution in [0.1, 0.15) is 0 Å². The molecule has 3 nitrogen and oxygen atoms in total. The third-order valence-corrected chi connectivity index (χ3v) is 2.55. The standard InChI is InChI=1S/C11H8ClN3/c12-10-7-15-11(13-10)6-9(14-15)8-4-2-1-3-5-8/h1-6H,7H2. The molecule has 0 unspecified atom stereocenters. The van der Waals surface area contributed by atoms with Crippen molar-refractivity contribution >= 4 is 22.6 Å². The molecule has 15 heavy (non-hydrogen) atoms. The summed E-state index contributed by atoms with van der Waals surface area (Å²) in [5.74, 6) is 0.832. The second-order valence-corrected chi connectivity index (χ2v) is 3.84. The highest BCUT2D eigenvalue weighted by molar-refractivity contribution is 6.65. The van der Waals surface area contributed by atoms with Crippen molar-refractivity contribution in [3.8, 4) is 11.3 Å². The minimum Gasteiger partial charge on any atom is -0.240 e. The Morgan fingerprint density at radius 2 is 2.00 bits per heavy atom. The van der Waals surface area contributed by atoms with Gasteiger partial charge < -0.3 is 0 Å². The Kier molecular flexibility index (Phi) is 1.86. The number of hydrogen-bond acceptors (Lipinski definition) is 2. The number of fused-ring (bicyclic) bond motifs is 1. The molecule has 0 spiro atoms. The molecule has 2 heterocycles. The van der Waals surface area contributed by atoms with Gasteiger partial charge in [0.15, 0.2) is 5.82 Å². The normalized spacial score (nSPS) is 13.8. The lowest BCUT2D eigenvalue weighted by atomic mass is 10.2. The van der Waals surface area contributed by atoms with Crippen LogP contribution < -0.4 is 0 Å². The number of hydrogen-bond donors (Lipinski definition) is 0. The predicted octanol–water partition coefficient (Wildman–Crippen LogP) is 2.83. The zero-order chi connectivity index (χ0) is 10.3. The van der Waals surface area contributed by atoms with Crippen molar-refractivity contribution in [3.63, 3.8) is 0 Å². The Balaban J connectivity index is 2.06. The van der Waals surface area contributed by atoms with Crippen molar-refractivity contribution in [2.45, 2.75) is 6.54 Å². The summed E-state index contributed by atoms with van der Waals surface area (Å²) in [6.45, 7) is 0.587. The van der Waals surface area contributed by atoms with E-state index in [9.17, 15) is 0 Å². The summed E-state index contributed by atoms with van der Waals surface area (Å²) in [6, 6.07) is 12.0. The van der Waals surface area contributed by atoms with Crippen molar-refractivity contribution in [2.24, 2.45) is 4.99 Å². The van der Waals surface area contributed by atoms with Crippen molar-refractivity contribution < 1.29 is 0 Å². The van der Waals surface area contributed by atoms with E-state index in [1.54, 1.807) is 0 Å². The first-order valence-electron chi connectivity index (χ1n) is 4.69. The Morgan fingerprint density at radius 1 is 1.20 bits per heavy atom. The lowest BCUT2D eigenvalue weighted by Crippen LogP contribution is -1.99. The van der Waals surface area contributed by atoms with Crippen LogP contribution in [0.3, 0.4) is 0 Å². The minimum absolute atomic E-state index is 0.587. The molecule has 0 saturated heterocycles. The molecule has 0 bridgehead atoms. The monoisotopic (exact) mass is 217 g/mol. The fraction of sp³-hybridized carbons (Fsp3) is 0.0909. The first-order valence-corrected chi connectivity index (χ1v) is 5.07. The highest BCUT2D eigenvalue weighted by Crippen LogP contribution is 2.27.